The highest BCUT2D eigenvalue weighted by Gasteiger charge is 2.25. The van der Waals surface area contributed by atoms with Crippen molar-refractivity contribution in [3.8, 4) is 0 Å². The Morgan fingerprint density at radius 3 is 2.52 bits per heavy atom. The second kappa shape index (κ2) is 7.42. The smallest absolute Gasteiger partial charge is 0.303 e. The van der Waals surface area contributed by atoms with E-state index in [1.807, 2.05) is 0 Å². The Balaban J connectivity index is 2.07. The number of halogens is 1. The SMILES string of the molecule is Cc1c(C(=O)NC(C)(C)CCC(=O)O)nnn1Cc1ccc(F)cc1. The van der Waals surface area contributed by atoms with Crippen LogP contribution in [-0.2, 0) is 11.3 Å². The van der Waals surface area contributed by atoms with Gasteiger partial charge < -0.3 is 10.4 Å². The van der Waals surface area contributed by atoms with Crippen LogP contribution in [0.4, 0.5) is 4.39 Å². The predicted molar refractivity (Wildman–Crippen MR) is 88.7 cm³/mol. The maximum Gasteiger partial charge on any atom is 0.303 e. The average Bonchev–Trinajstić information content (AvgIpc) is 2.88. The lowest BCUT2D eigenvalue weighted by Crippen LogP contribution is -2.44. The van der Waals surface area contributed by atoms with Crippen LogP contribution >= 0.6 is 0 Å². The van der Waals surface area contributed by atoms with Crippen molar-refractivity contribution >= 4 is 11.9 Å². The number of nitrogens with one attached hydrogen (secondary N) is 1. The van der Waals surface area contributed by atoms with E-state index in [9.17, 15) is 14.0 Å². The molecule has 0 unspecified atom stereocenters. The molecule has 0 radical (unpaired) electrons. The van der Waals surface area contributed by atoms with Crippen LogP contribution in [0.2, 0.25) is 0 Å². The van der Waals surface area contributed by atoms with E-state index in [2.05, 4.69) is 15.6 Å². The van der Waals surface area contributed by atoms with Gasteiger partial charge in [-0.15, -0.1) is 5.10 Å². The number of nitrogens with zero attached hydrogens (tertiary/aromatic N) is 3. The molecule has 1 aromatic heterocycles. The molecule has 0 spiro atoms. The first-order valence-electron chi connectivity index (χ1n) is 7.87. The Hall–Kier alpha value is -2.77. The van der Waals surface area contributed by atoms with Crippen LogP contribution in [0.3, 0.4) is 0 Å². The summed E-state index contributed by atoms with van der Waals surface area (Å²) in [6.45, 7) is 5.61. The molecule has 7 nitrogen and oxygen atoms in total. The number of carbonyl (C=O) groups excluding carboxylic acids is 1. The number of aromatic nitrogens is 3. The summed E-state index contributed by atoms with van der Waals surface area (Å²) in [7, 11) is 0. The number of amides is 1. The zero-order chi connectivity index (χ0) is 18.6. The van der Waals surface area contributed by atoms with Crippen molar-refractivity contribution in [1.82, 2.24) is 20.3 Å². The monoisotopic (exact) mass is 348 g/mol. The fourth-order valence-electron chi connectivity index (χ4n) is 2.33. The van der Waals surface area contributed by atoms with Crippen LogP contribution in [-0.4, -0.2) is 37.5 Å². The van der Waals surface area contributed by atoms with Gasteiger partial charge in [0.1, 0.15) is 5.82 Å². The molecular weight excluding hydrogens is 327 g/mol. The summed E-state index contributed by atoms with van der Waals surface area (Å²) in [5.74, 6) is -1.63. The molecule has 2 N–H and O–H groups in total. The van der Waals surface area contributed by atoms with Gasteiger partial charge in [0, 0.05) is 12.0 Å². The summed E-state index contributed by atoms with van der Waals surface area (Å²) in [6.07, 6.45) is 0.264. The quantitative estimate of drug-likeness (QED) is 0.799. The highest BCUT2D eigenvalue weighted by Crippen LogP contribution is 2.14. The molecule has 25 heavy (non-hydrogen) atoms. The molecule has 0 bridgehead atoms. The van der Waals surface area contributed by atoms with Crippen LogP contribution < -0.4 is 5.32 Å². The molecule has 2 rings (SSSR count). The minimum Gasteiger partial charge on any atom is -0.481 e. The second-order valence-corrected chi connectivity index (χ2v) is 6.54. The molecule has 1 amide bonds. The molecule has 0 aliphatic carbocycles. The van der Waals surface area contributed by atoms with E-state index in [0.29, 0.717) is 18.7 Å². The molecule has 0 saturated heterocycles. The number of benzene rings is 1. The molecular formula is C17H21FN4O3. The summed E-state index contributed by atoms with van der Waals surface area (Å²) in [5, 5.41) is 19.5. The molecule has 134 valence electrons. The van der Waals surface area contributed by atoms with E-state index in [1.54, 1.807) is 37.6 Å². The van der Waals surface area contributed by atoms with Gasteiger partial charge in [0.2, 0.25) is 0 Å². The maximum atomic E-state index is 13.0. The molecule has 0 atom stereocenters. The Labute approximate surface area is 144 Å². The Bertz CT molecular complexity index is 769. The van der Waals surface area contributed by atoms with Gasteiger partial charge in [0.15, 0.2) is 5.69 Å². The van der Waals surface area contributed by atoms with Crippen molar-refractivity contribution < 1.29 is 19.1 Å². The van der Waals surface area contributed by atoms with Gasteiger partial charge in [0.05, 0.1) is 12.2 Å². The maximum absolute atomic E-state index is 13.0. The van der Waals surface area contributed by atoms with Gasteiger partial charge in [-0.25, -0.2) is 9.07 Å². The minimum absolute atomic E-state index is 0.0382. The highest BCUT2D eigenvalue weighted by molar-refractivity contribution is 5.93. The Kier molecular flexibility index (Phi) is 5.51. The molecule has 1 heterocycles. The van der Waals surface area contributed by atoms with E-state index in [1.165, 1.54) is 12.1 Å². The van der Waals surface area contributed by atoms with E-state index < -0.39 is 17.4 Å². The predicted octanol–water partition coefficient (Wildman–Crippen LogP) is 2.15. The van der Waals surface area contributed by atoms with Gasteiger partial charge in [-0.05, 0) is 44.9 Å². The first-order valence-corrected chi connectivity index (χ1v) is 7.87. The van der Waals surface area contributed by atoms with Crippen LogP contribution in [0.15, 0.2) is 24.3 Å². The summed E-state index contributed by atoms with van der Waals surface area (Å²) >= 11 is 0. The molecule has 0 fully saturated rings. The summed E-state index contributed by atoms with van der Waals surface area (Å²) < 4.78 is 14.5. The topological polar surface area (TPSA) is 97.1 Å². The summed E-state index contributed by atoms with van der Waals surface area (Å²) in [4.78, 5) is 23.1. The van der Waals surface area contributed by atoms with Gasteiger partial charge in [-0.2, -0.15) is 0 Å². The second-order valence-electron chi connectivity index (χ2n) is 6.54. The fraction of sp³-hybridized carbons (Fsp3) is 0.412. The lowest BCUT2D eigenvalue weighted by atomic mass is 9.98. The molecule has 0 aliphatic heterocycles. The lowest BCUT2D eigenvalue weighted by Gasteiger charge is -2.25. The number of hydrogen-bond acceptors (Lipinski definition) is 4. The Morgan fingerprint density at radius 1 is 1.28 bits per heavy atom. The van der Waals surface area contributed by atoms with Crippen molar-refractivity contribution in [2.75, 3.05) is 0 Å². The standard InChI is InChI=1S/C17H21FN4O3/c1-11-15(16(25)19-17(2,3)9-8-14(23)24)20-21-22(11)10-12-4-6-13(18)7-5-12/h4-7H,8-10H2,1-3H3,(H,19,25)(H,23,24). The third kappa shape index (κ3) is 5.10. The fourth-order valence-corrected chi connectivity index (χ4v) is 2.33. The lowest BCUT2D eigenvalue weighted by molar-refractivity contribution is -0.137. The van der Waals surface area contributed by atoms with Crippen molar-refractivity contribution in [2.24, 2.45) is 0 Å². The largest absolute Gasteiger partial charge is 0.481 e. The zero-order valence-corrected chi connectivity index (χ0v) is 14.4. The summed E-state index contributed by atoms with van der Waals surface area (Å²) in [6, 6.07) is 6.01. The number of hydrogen-bond donors (Lipinski definition) is 2. The van der Waals surface area contributed by atoms with Gasteiger partial charge in [-0.1, -0.05) is 17.3 Å². The van der Waals surface area contributed by atoms with Crippen LogP contribution in [0.1, 0.15) is 48.4 Å². The number of carboxylic acid groups (broad SMARTS) is 1. The first-order chi connectivity index (χ1) is 11.7. The van der Waals surface area contributed by atoms with E-state index in [4.69, 9.17) is 5.11 Å². The molecule has 1 aromatic carbocycles. The third-order valence-electron chi connectivity index (χ3n) is 3.86. The summed E-state index contributed by atoms with van der Waals surface area (Å²) in [5.41, 5.74) is 0.923. The van der Waals surface area contributed by atoms with Crippen molar-refractivity contribution in [2.45, 2.75) is 45.7 Å². The number of carbonyl (C=O) groups is 2. The first kappa shape index (κ1) is 18.6. The zero-order valence-electron chi connectivity index (χ0n) is 14.4. The van der Waals surface area contributed by atoms with Crippen molar-refractivity contribution in [1.29, 1.82) is 0 Å². The van der Waals surface area contributed by atoms with E-state index in [-0.39, 0.29) is 17.9 Å². The Morgan fingerprint density at radius 2 is 1.92 bits per heavy atom. The van der Waals surface area contributed by atoms with Gasteiger partial charge in [-0.3, -0.25) is 9.59 Å². The van der Waals surface area contributed by atoms with Crippen LogP contribution in [0.25, 0.3) is 0 Å². The number of rotatable bonds is 7. The minimum atomic E-state index is -0.913. The molecule has 2 aromatic rings. The van der Waals surface area contributed by atoms with Gasteiger partial charge >= 0.3 is 5.97 Å². The van der Waals surface area contributed by atoms with Crippen LogP contribution in [0.5, 0.6) is 0 Å². The molecule has 0 saturated carbocycles. The normalized spacial score (nSPS) is 11.4. The van der Waals surface area contributed by atoms with E-state index in [0.717, 1.165) is 5.56 Å². The number of carboxylic acids is 1. The third-order valence-corrected chi connectivity index (χ3v) is 3.86. The van der Waals surface area contributed by atoms with Crippen molar-refractivity contribution in [3.63, 3.8) is 0 Å². The van der Waals surface area contributed by atoms with Crippen molar-refractivity contribution in [3.05, 3.63) is 47.0 Å². The van der Waals surface area contributed by atoms with Gasteiger partial charge in [0.25, 0.3) is 5.91 Å². The highest BCUT2D eigenvalue weighted by atomic mass is 19.1. The average molecular weight is 348 g/mol. The molecule has 8 heteroatoms. The molecule has 0 aliphatic rings. The van der Waals surface area contributed by atoms with Crippen LogP contribution in [0, 0.1) is 12.7 Å². The number of aliphatic carboxylic acids is 1. The van der Waals surface area contributed by atoms with E-state index >= 15 is 0 Å².